The van der Waals surface area contributed by atoms with Crippen LogP contribution in [-0.2, 0) is 0 Å². The maximum absolute atomic E-state index is 14.4. The predicted octanol–water partition coefficient (Wildman–Crippen LogP) is 7.13. The van der Waals surface area contributed by atoms with Crippen molar-refractivity contribution in [2.75, 3.05) is 25.1 Å². The molecule has 2 aliphatic rings. The van der Waals surface area contributed by atoms with E-state index in [2.05, 4.69) is 15.6 Å². The molecule has 0 atom stereocenters. The average Bonchev–Trinajstić information content (AvgIpc) is 3.73. The summed E-state index contributed by atoms with van der Waals surface area (Å²) in [7, 11) is 0. The number of pyridine rings is 1. The maximum atomic E-state index is 14.4. The van der Waals surface area contributed by atoms with E-state index in [-0.39, 0.29) is 30.2 Å². The number of alkyl halides is 1. The fraction of sp³-hybridized carbons (Fsp3) is 0.448. The minimum atomic E-state index is -0.343. The first-order chi connectivity index (χ1) is 17.4. The summed E-state index contributed by atoms with van der Waals surface area (Å²) in [6.45, 7) is 2.58. The van der Waals surface area contributed by atoms with Gasteiger partial charge < -0.3 is 10.6 Å². The first-order valence-corrected chi connectivity index (χ1v) is 13.3. The Morgan fingerprint density at radius 1 is 1.08 bits per heavy atom. The van der Waals surface area contributed by atoms with Crippen LogP contribution in [0.15, 0.2) is 36.5 Å². The summed E-state index contributed by atoms with van der Waals surface area (Å²) < 4.78 is 26.9. The van der Waals surface area contributed by atoms with Crippen LogP contribution in [0.2, 0.25) is 5.02 Å². The van der Waals surface area contributed by atoms with Crippen molar-refractivity contribution in [3.05, 3.63) is 58.5 Å². The van der Waals surface area contributed by atoms with Crippen molar-refractivity contribution in [2.24, 2.45) is 11.8 Å². The quantitative estimate of drug-likeness (QED) is 0.237. The van der Waals surface area contributed by atoms with Gasteiger partial charge >= 0.3 is 0 Å². The van der Waals surface area contributed by atoms with Crippen molar-refractivity contribution in [1.82, 2.24) is 10.3 Å². The Morgan fingerprint density at radius 2 is 1.86 bits per heavy atom. The van der Waals surface area contributed by atoms with Gasteiger partial charge in [-0.3, -0.25) is 9.78 Å². The van der Waals surface area contributed by atoms with Gasteiger partial charge in [-0.15, -0.1) is 0 Å². The molecule has 2 fully saturated rings. The number of halogens is 3. The van der Waals surface area contributed by atoms with Crippen molar-refractivity contribution < 1.29 is 13.6 Å². The summed E-state index contributed by atoms with van der Waals surface area (Å²) >= 11 is 6.28. The summed E-state index contributed by atoms with van der Waals surface area (Å²) in [5.41, 5.74) is 4.20. The van der Waals surface area contributed by atoms with Crippen LogP contribution in [-0.4, -0.2) is 36.6 Å². The number of anilines is 1. The molecule has 5 rings (SSSR count). The second-order valence-corrected chi connectivity index (χ2v) is 10.6. The lowest BCUT2D eigenvalue weighted by atomic mass is 9.85. The highest BCUT2D eigenvalue weighted by Gasteiger charge is 2.33. The molecule has 3 aromatic rings. The average molecular weight is 512 g/mol. The smallest absolute Gasteiger partial charge is 0.169 e. The summed E-state index contributed by atoms with van der Waals surface area (Å²) in [6.07, 6.45) is 7.64. The Kier molecular flexibility index (Phi) is 7.54. The number of carbonyl (C=O) groups excluding carboxylic acids is 1. The molecule has 2 aliphatic carbocycles. The Labute approximate surface area is 215 Å². The zero-order valence-electron chi connectivity index (χ0n) is 20.5. The van der Waals surface area contributed by atoms with Gasteiger partial charge in [-0.1, -0.05) is 17.7 Å². The maximum Gasteiger partial charge on any atom is 0.169 e. The molecule has 2 aromatic carbocycles. The van der Waals surface area contributed by atoms with Gasteiger partial charge in [0.1, 0.15) is 12.5 Å². The van der Waals surface area contributed by atoms with Crippen LogP contribution in [0.3, 0.4) is 0 Å². The summed E-state index contributed by atoms with van der Waals surface area (Å²) in [5.74, 6) is 0.426. The number of nitrogens with one attached hydrogen (secondary N) is 2. The number of carbonyl (C=O) groups is 1. The van der Waals surface area contributed by atoms with Gasteiger partial charge in [-0.2, -0.15) is 0 Å². The first kappa shape index (κ1) is 25.1. The lowest BCUT2D eigenvalue weighted by Gasteiger charge is -2.31. The van der Waals surface area contributed by atoms with Crippen molar-refractivity contribution in [3.8, 4) is 11.1 Å². The summed E-state index contributed by atoms with van der Waals surface area (Å²) in [5, 5.41) is 8.15. The fourth-order valence-electron chi connectivity index (χ4n) is 5.18. The van der Waals surface area contributed by atoms with Crippen LogP contribution in [0.1, 0.15) is 54.4 Å². The van der Waals surface area contributed by atoms with Crippen molar-refractivity contribution in [2.45, 2.75) is 51.5 Å². The zero-order valence-corrected chi connectivity index (χ0v) is 21.3. The van der Waals surface area contributed by atoms with Crippen LogP contribution in [0.25, 0.3) is 22.0 Å². The van der Waals surface area contributed by atoms with Crippen LogP contribution >= 0.6 is 11.6 Å². The highest BCUT2D eigenvalue weighted by atomic mass is 35.5. The van der Waals surface area contributed by atoms with E-state index >= 15 is 0 Å². The predicted molar refractivity (Wildman–Crippen MR) is 142 cm³/mol. The lowest BCUT2D eigenvalue weighted by Crippen LogP contribution is -2.32. The molecule has 4 nitrogen and oxygen atoms in total. The Balaban J connectivity index is 1.47. The second-order valence-electron chi connectivity index (χ2n) is 10.2. The number of hydrogen-bond donors (Lipinski definition) is 2. The number of rotatable bonds is 9. The van der Waals surface area contributed by atoms with Gasteiger partial charge in [-0.25, -0.2) is 8.78 Å². The van der Waals surface area contributed by atoms with Crippen LogP contribution in [0, 0.1) is 24.6 Å². The van der Waals surface area contributed by atoms with Crippen LogP contribution in [0.5, 0.6) is 0 Å². The molecular weight excluding hydrogens is 480 g/mol. The van der Waals surface area contributed by atoms with Gasteiger partial charge in [0.15, 0.2) is 5.78 Å². The van der Waals surface area contributed by atoms with E-state index in [1.54, 1.807) is 19.2 Å². The van der Waals surface area contributed by atoms with Crippen molar-refractivity contribution in [3.63, 3.8) is 0 Å². The second kappa shape index (κ2) is 10.8. The van der Waals surface area contributed by atoms with Crippen molar-refractivity contribution >= 4 is 34.0 Å². The topological polar surface area (TPSA) is 54.0 Å². The fourth-order valence-corrected chi connectivity index (χ4v) is 5.39. The number of Topliss-reactive ketones (excluding diaryl/α,β-unsaturated/α-hetero) is 1. The Morgan fingerprint density at radius 3 is 2.56 bits per heavy atom. The summed E-state index contributed by atoms with van der Waals surface area (Å²) in [6, 6.07) is 9.34. The number of ketones is 1. The number of benzene rings is 2. The molecular formula is C29H32ClF2N3O. The van der Waals surface area contributed by atoms with E-state index in [4.69, 9.17) is 11.6 Å². The van der Waals surface area contributed by atoms with Crippen LogP contribution in [0.4, 0.5) is 14.5 Å². The molecule has 2 saturated carbocycles. The number of aromatic nitrogens is 1. The lowest BCUT2D eigenvalue weighted by molar-refractivity contribution is 0.0968. The minimum Gasteiger partial charge on any atom is -0.381 e. The van der Waals surface area contributed by atoms with Gasteiger partial charge in [0.25, 0.3) is 0 Å². The molecule has 0 bridgehead atoms. The molecule has 0 aliphatic heterocycles. The molecule has 1 heterocycles. The number of hydrogen-bond acceptors (Lipinski definition) is 4. The van der Waals surface area contributed by atoms with Crippen LogP contribution < -0.4 is 10.6 Å². The van der Waals surface area contributed by atoms with E-state index in [9.17, 15) is 13.6 Å². The standard InChI is InChI=1S/C29H32ClF2N3O/c1-17-25(30)13-21(14-26(17)32)20-6-9-27-23(12-20)28(24(16-34-27)29(36)19-4-5-19)35-22-7-2-18(3-8-22)15-33-11-10-31/h6,9,12-14,16,18-19,22,33H,2-5,7-8,10-11,15H2,1H3,(H,34,35)/t18-,22-. The number of nitrogens with zero attached hydrogens (tertiary/aromatic N) is 1. The third-order valence-electron chi connectivity index (χ3n) is 7.60. The Hall–Kier alpha value is -2.57. The molecule has 1 aromatic heterocycles. The largest absolute Gasteiger partial charge is 0.381 e. The molecule has 36 heavy (non-hydrogen) atoms. The van der Waals surface area contributed by atoms with Crippen molar-refractivity contribution in [1.29, 1.82) is 0 Å². The van der Waals surface area contributed by atoms with E-state index < -0.39 is 0 Å². The Bertz CT molecular complexity index is 1250. The van der Waals surface area contributed by atoms with E-state index in [0.717, 1.165) is 67.2 Å². The molecule has 2 N–H and O–H groups in total. The molecule has 0 radical (unpaired) electrons. The van der Waals surface area contributed by atoms with Gasteiger partial charge in [0.2, 0.25) is 0 Å². The van der Waals surface area contributed by atoms with Gasteiger partial charge in [0.05, 0.1) is 16.8 Å². The van der Waals surface area contributed by atoms with E-state index in [1.165, 1.54) is 6.07 Å². The molecule has 0 saturated heterocycles. The molecule has 7 heteroatoms. The minimum absolute atomic E-state index is 0.0790. The third kappa shape index (κ3) is 5.40. The molecule has 0 unspecified atom stereocenters. The highest BCUT2D eigenvalue weighted by molar-refractivity contribution is 6.31. The van der Waals surface area contributed by atoms with E-state index in [0.29, 0.717) is 34.2 Å². The van der Waals surface area contributed by atoms with Gasteiger partial charge in [0, 0.05) is 40.7 Å². The normalized spacial score (nSPS) is 20.0. The number of fused-ring (bicyclic) bond motifs is 1. The zero-order chi connectivity index (χ0) is 25.2. The summed E-state index contributed by atoms with van der Waals surface area (Å²) in [4.78, 5) is 17.8. The van der Waals surface area contributed by atoms with Gasteiger partial charge in [-0.05, 0) is 93.3 Å². The molecule has 0 amide bonds. The first-order valence-electron chi connectivity index (χ1n) is 12.9. The molecule has 0 spiro atoms. The monoisotopic (exact) mass is 511 g/mol. The van der Waals surface area contributed by atoms with E-state index in [1.807, 2.05) is 18.2 Å². The molecule has 190 valence electrons. The highest BCUT2D eigenvalue weighted by Crippen LogP contribution is 2.39. The SMILES string of the molecule is Cc1c(F)cc(-c2ccc3ncc(C(=O)C4CC4)c(N[C@H]4CC[C@H](CNCCF)CC4)c3c2)cc1Cl. The third-order valence-corrected chi connectivity index (χ3v) is 7.99.